The molecule has 5 nitrogen and oxygen atoms in total. The van der Waals surface area contributed by atoms with Crippen molar-refractivity contribution in [1.29, 1.82) is 0 Å². The molecule has 0 bridgehead atoms. The number of halogens is 1. The number of hydrogen-bond donors (Lipinski definition) is 2. The molecule has 2 aromatic rings. The summed E-state index contributed by atoms with van der Waals surface area (Å²) in [6, 6.07) is 11.0. The van der Waals surface area contributed by atoms with Gasteiger partial charge in [0.25, 0.3) is 5.91 Å². The lowest BCUT2D eigenvalue weighted by Crippen LogP contribution is -2.36. The number of carboxylic acids is 1. The summed E-state index contributed by atoms with van der Waals surface area (Å²) in [6.07, 6.45) is -0.658. The third-order valence-corrected chi connectivity index (χ3v) is 3.39. The topological polar surface area (TPSA) is 75.6 Å². The summed E-state index contributed by atoms with van der Waals surface area (Å²) in [5.74, 6) is -0.850. The van der Waals surface area contributed by atoms with E-state index in [9.17, 15) is 9.59 Å². The lowest BCUT2D eigenvalue weighted by Gasteiger charge is -2.27. The van der Waals surface area contributed by atoms with Crippen molar-refractivity contribution in [3.63, 3.8) is 0 Å². The maximum atomic E-state index is 12.1. The highest BCUT2D eigenvalue weighted by molar-refractivity contribution is 6.31. The van der Waals surface area contributed by atoms with Crippen molar-refractivity contribution in [2.75, 3.05) is 0 Å². The Labute approximate surface area is 125 Å². The van der Waals surface area contributed by atoms with E-state index >= 15 is 0 Å². The van der Waals surface area contributed by atoms with Crippen molar-refractivity contribution < 1.29 is 19.4 Å². The van der Waals surface area contributed by atoms with Gasteiger partial charge in [0.15, 0.2) is 6.23 Å². The molecule has 106 valence electrons. The van der Waals surface area contributed by atoms with E-state index in [0.717, 1.165) is 0 Å². The molecule has 2 N–H and O–H groups in total. The first-order valence-corrected chi connectivity index (χ1v) is 6.53. The Hall–Kier alpha value is -2.53. The third kappa shape index (κ3) is 2.55. The fraction of sp³-hybridized carbons (Fsp3) is 0.0667. The molecular formula is C15H10ClNO4. The lowest BCUT2D eigenvalue weighted by atomic mass is 10.1. The second-order valence-electron chi connectivity index (χ2n) is 4.54. The minimum atomic E-state index is -1.00. The summed E-state index contributed by atoms with van der Waals surface area (Å²) < 4.78 is 5.71. The number of carbonyl (C=O) groups excluding carboxylic acids is 1. The highest BCUT2D eigenvalue weighted by atomic mass is 35.5. The SMILES string of the molecule is O=C(O)c1ccc([C@@H]2NC(=O)c3cc(Cl)ccc3O2)cc1. The Bertz CT molecular complexity index is 727. The highest BCUT2D eigenvalue weighted by Crippen LogP contribution is 2.31. The number of amides is 1. The number of rotatable bonds is 2. The molecule has 1 aliphatic heterocycles. The van der Waals surface area contributed by atoms with Crippen LogP contribution in [0, 0.1) is 0 Å². The summed E-state index contributed by atoms with van der Waals surface area (Å²) in [5, 5.41) is 12.0. The van der Waals surface area contributed by atoms with E-state index < -0.39 is 12.2 Å². The van der Waals surface area contributed by atoms with Crippen LogP contribution in [0.4, 0.5) is 0 Å². The van der Waals surface area contributed by atoms with Crippen LogP contribution < -0.4 is 10.1 Å². The Kier molecular flexibility index (Phi) is 3.27. The van der Waals surface area contributed by atoms with Crippen LogP contribution in [-0.2, 0) is 0 Å². The van der Waals surface area contributed by atoms with Gasteiger partial charge in [0.2, 0.25) is 0 Å². The predicted molar refractivity (Wildman–Crippen MR) is 75.7 cm³/mol. The number of fused-ring (bicyclic) bond motifs is 1. The van der Waals surface area contributed by atoms with Gasteiger partial charge < -0.3 is 15.2 Å². The van der Waals surface area contributed by atoms with Gasteiger partial charge in [-0.2, -0.15) is 0 Å². The van der Waals surface area contributed by atoms with Gasteiger partial charge >= 0.3 is 5.97 Å². The molecule has 0 spiro atoms. The maximum absolute atomic E-state index is 12.1. The lowest BCUT2D eigenvalue weighted by molar-refractivity contribution is 0.0693. The first-order valence-electron chi connectivity index (χ1n) is 6.15. The average molecular weight is 304 g/mol. The summed E-state index contributed by atoms with van der Waals surface area (Å²) in [5.41, 5.74) is 1.21. The van der Waals surface area contributed by atoms with Gasteiger partial charge in [-0.3, -0.25) is 4.79 Å². The van der Waals surface area contributed by atoms with E-state index in [1.165, 1.54) is 18.2 Å². The fourth-order valence-corrected chi connectivity index (χ4v) is 2.26. The number of hydrogen-bond acceptors (Lipinski definition) is 3. The quantitative estimate of drug-likeness (QED) is 0.894. The average Bonchev–Trinajstić information content (AvgIpc) is 2.48. The zero-order chi connectivity index (χ0) is 15.0. The van der Waals surface area contributed by atoms with E-state index in [0.29, 0.717) is 21.9 Å². The highest BCUT2D eigenvalue weighted by Gasteiger charge is 2.26. The van der Waals surface area contributed by atoms with Crippen molar-refractivity contribution in [2.24, 2.45) is 0 Å². The second-order valence-corrected chi connectivity index (χ2v) is 4.98. The minimum Gasteiger partial charge on any atom is -0.478 e. The van der Waals surface area contributed by atoms with E-state index in [-0.39, 0.29) is 11.5 Å². The van der Waals surface area contributed by atoms with Crippen LogP contribution in [0.3, 0.4) is 0 Å². The van der Waals surface area contributed by atoms with Crippen LogP contribution in [0.2, 0.25) is 5.02 Å². The zero-order valence-electron chi connectivity index (χ0n) is 10.7. The molecule has 1 atom stereocenters. The maximum Gasteiger partial charge on any atom is 0.335 e. The minimum absolute atomic E-state index is 0.174. The molecule has 0 fully saturated rings. The van der Waals surface area contributed by atoms with Crippen LogP contribution in [0.25, 0.3) is 0 Å². The summed E-state index contributed by atoms with van der Waals surface area (Å²) in [6.45, 7) is 0. The number of carboxylic acid groups (broad SMARTS) is 1. The standard InChI is InChI=1S/C15H10ClNO4/c16-10-5-6-12-11(7-10)13(18)17-14(21-12)8-1-3-9(4-2-8)15(19)20/h1-7,14H,(H,17,18)(H,19,20)/t14-/m1/s1. The van der Waals surface area contributed by atoms with Gasteiger partial charge in [-0.05, 0) is 30.3 Å². The Morgan fingerprint density at radius 1 is 1.19 bits per heavy atom. The van der Waals surface area contributed by atoms with Crippen LogP contribution in [0.1, 0.15) is 32.5 Å². The van der Waals surface area contributed by atoms with Crippen LogP contribution in [0.15, 0.2) is 42.5 Å². The molecule has 1 aliphatic rings. The summed E-state index contributed by atoms with van der Waals surface area (Å²) in [7, 11) is 0. The van der Waals surface area contributed by atoms with Crippen molar-refractivity contribution in [2.45, 2.75) is 6.23 Å². The smallest absolute Gasteiger partial charge is 0.335 e. The molecule has 0 aliphatic carbocycles. The van der Waals surface area contributed by atoms with Crippen molar-refractivity contribution >= 4 is 23.5 Å². The van der Waals surface area contributed by atoms with Crippen LogP contribution in [0.5, 0.6) is 5.75 Å². The fourth-order valence-electron chi connectivity index (χ4n) is 2.09. The van der Waals surface area contributed by atoms with Gasteiger partial charge in [0.1, 0.15) is 5.75 Å². The number of nitrogens with one attached hydrogen (secondary N) is 1. The molecule has 0 saturated carbocycles. The van der Waals surface area contributed by atoms with Crippen LogP contribution >= 0.6 is 11.6 Å². The van der Waals surface area contributed by atoms with Gasteiger partial charge in [0, 0.05) is 10.6 Å². The normalized spacial score (nSPS) is 16.6. The largest absolute Gasteiger partial charge is 0.478 e. The van der Waals surface area contributed by atoms with Crippen molar-refractivity contribution in [3.8, 4) is 5.75 Å². The Balaban J connectivity index is 1.90. The zero-order valence-corrected chi connectivity index (χ0v) is 11.4. The first kappa shape index (κ1) is 13.5. The molecule has 21 heavy (non-hydrogen) atoms. The van der Waals surface area contributed by atoms with Crippen molar-refractivity contribution in [3.05, 3.63) is 64.2 Å². The van der Waals surface area contributed by atoms with Gasteiger partial charge in [-0.25, -0.2) is 4.79 Å². The Morgan fingerprint density at radius 2 is 1.90 bits per heavy atom. The molecule has 0 unspecified atom stereocenters. The molecule has 2 aromatic carbocycles. The van der Waals surface area contributed by atoms with Crippen LogP contribution in [-0.4, -0.2) is 17.0 Å². The van der Waals surface area contributed by atoms with Crippen molar-refractivity contribution in [1.82, 2.24) is 5.32 Å². The number of aromatic carboxylic acids is 1. The third-order valence-electron chi connectivity index (χ3n) is 3.15. The summed E-state index contributed by atoms with van der Waals surface area (Å²) in [4.78, 5) is 22.9. The van der Waals surface area contributed by atoms with E-state index in [4.69, 9.17) is 21.4 Å². The Morgan fingerprint density at radius 3 is 2.57 bits per heavy atom. The molecule has 0 radical (unpaired) electrons. The monoisotopic (exact) mass is 303 g/mol. The van der Waals surface area contributed by atoms with Gasteiger partial charge in [0.05, 0.1) is 11.1 Å². The van der Waals surface area contributed by atoms with E-state index in [1.54, 1.807) is 24.3 Å². The molecule has 0 aromatic heterocycles. The number of benzene rings is 2. The van der Waals surface area contributed by atoms with Gasteiger partial charge in [-0.15, -0.1) is 0 Å². The van der Waals surface area contributed by atoms with E-state index in [2.05, 4.69) is 5.32 Å². The first-order chi connectivity index (χ1) is 10.0. The molecular weight excluding hydrogens is 294 g/mol. The number of ether oxygens (including phenoxy) is 1. The predicted octanol–water partition coefficient (Wildman–Crippen LogP) is 2.86. The molecule has 0 saturated heterocycles. The molecule has 3 rings (SSSR count). The molecule has 6 heteroatoms. The molecule has 1 amide bonds. The molecule has 1 heterocycles. The summed E-state index contributed by atoms with van der Waals surface area (Å²) >= 11 is 5.85. The number of carbonyl (C=O) groups is 2. The van der Waals surface area contributed by atoms with Gasteiger partial charge in [-0.1, -0.05) is 23.7 Å². The van der Waals surface area contributed by atoms with E-state index in [1.807, 2.05) is 0 Å². The second kappa shape index (κ2) is 5.10.